The maximum absolute atomic E-state index is 12.0. The van der Waals surface area contributed by atoms with E-state index in [1.807, 2.05) is 0 Å². The van der Waals surface area contributed by atoms with Gasteiger partial charge in [0.2, 0.25) is 9.84 Å². The zero-order chi connectivity index (χ0) is 11.9. The topological polar surface area (TPSA) is 71.4 Å². The number of rotatable bonds is 4. The van der Waals surface area contributed by atoms with Crippen molar-refractivity contribution in [3.05, 3.63) is 0 Å². The van der Waals surface area contributed by atoms with E-state index in [9.17, 15) is 26.4 Å². The van der Waals surface area contributed by atoms with Gasteiger partial charge >= 0.3 is 11.5 Å². The average molecular weight is 246 g/mol. The molecule has 1 N–H and O–H groups in total. The number of hydrogen-bond donors (Lipinski definition) is 1. The third-order valence-corrected chi connectivity index (χ3v) is 4.03. The van der Waals surface area contributed by atoms with Crippen LogP contribution in [0.25, 0.3) is 0 Å². The van der Waals surface area contributed by atoms with Crippen LogP contribution in [0.4, 0.5) is 13.2 Å². The second kappa shape index (κ2) is 3.36. The lowest BCUT2D eigenvalue weighted by molar-refractivity contribution is -0.138. The molecule has 88 valence electrons. The summed E-state index contributed by atoms with van der Waals surface area (Å²) >= 11 is 0. The molecule has 8 heteroatoms. The summed E-state index contributed by atoms with van der Waals surface area (Å²) < 4.78 is 57.5. The van der Waals surface area contributed by atoms with Gasteiger partial charge in [0.25, 0.3) is 0 Å². The first kappa shape index (κ1) is 12.3. The average Bonchev–Trinajstić information content (AvgIpc) is 2.62. The molecule has 4 nitrogen and oxygen atoms in total. The number of carbonyl (C=O) groups is 1. The highest BCUT2D eigenvalue weighted by Gasteiger charge is 2.55. The van der Waals surface area contributed by atoms with Crippen LogP contribution in [0.1, 0.15) is 19.3 Å². The molecule has 0 spiro atoms. The highest BCUT2D eigenvalue weighted by molar-refractivity contribution is 7.92. The van der Waals surface area contributed by atoms with Gasteiger partial charge in [0.15, 0.2) is 0 Å². The highest BCUT2D eigenvalue weighted by Crippen LogP contribution is 2.51. The van der Waals surface area contributed by atoms with Gasteiger partial charge in [-0.05, 0) is 18.3 Å². The Hall–Kier alpha value is -0.790. The molecule has 0 aromatic rings. The maximum atomic E-state index is 12.0. The molecule has 1 rings (SSSR count). The molecule has 0 aromatic carbocycles. The minimum Gasteiger partial charge on any atom is -0.481 e. The number of carboxylic acids is 1. The third kappa shape index (κ3) is 2.83. The Morgan fingerprint density at radius 2 is 1.80 bits per heavy atom. The standard InChI is InChI=1S/C7H9F3O4S/c8-7(9,10)15(13,14)4-6(1-2-6)3-5(11)12/h1-4H2,(H,11,12). The lowest BCUT2D eigenvalue weighted by Crippen LogP contribution is -2.31. The van der Waals surface area contributed by atoms with Gasteiger partial charge in [-0.1, -0.05) is 0 Å². The van der Waals surface area contributed by atoms with Gasteiger partial charge in [0, 0.05) is 0 Å². The van der Waals surface area contributed by atoms with Crippen molar-refractivity contribution in [1.82, 2.24) is 0 Å². The Morgan fingerprint density at radius 3 is 2.07 bits per heavy atom. The highest BCUT2D eigenvalue weighted by atomic mass is 32.2. The first-order valence-electron chi connectivity index (χ1n) is 4.09. The van der Waals surface area contributed by atoms with Crippen molar-refractivity contribution in [2.45, 2.75) is 24.8 Å². The van der Waals surface area contributed by atoms with E-state index in [0.29, 0.717) is 0 Å². The van der Waals surface area contributed by atoms with Crippen LogP contribution in [0.15, 0.2) is 0 Å². The molecule has 0 aromatic heterocycles. The normalized spacial score (nSPS) is 19.9. The fraction of sp³-hybridized carbons (Fsp3) is 0.857. The van der Waals surface area contributed by atoms with Crippen molar-refractivity contribution >= 4 is 15.8 Å². The van der Waals surface area contributed by atoms with Gasteiger partial charge in [-0.25, -0.2) is 8.42 Å². The van der Waals surface area contributed by atoms with Crippen LogP contribution in [0, 0.1) is 5.41 Å². The molecule has 1 aliphatic rings. The summed E-state index contributed by atoms with van der Waals surface area (Å²) in [6.07, 6.45) is -0.0917. The Morgan fingerprint density at radius 1 is 1.33 bits per heavy atom. The molecule has 15 heavy (non-hydrogen) atoms. The van der Waals surface area contributed by atoms with Crippen LogP contribution < -0.4 is 0 Å². The molecule has 1 saturated carbocycles. The first-order valence-corrected chi connectivity index (χ1v) is 5.74. The van der Waals surface area contributed by atoms with Gasteiger partial charge in [-0.3, -0.25) is 4.79 Å². The summed E-state index contributed by atoms with van der Waals surface area (Å²) in [4.78, 5) is 10.3. The fourth-order valence-electron chi connectivity index (χ4n) is 1.35. The number of alkyl halides is 3. The van der Waals surface area contributed by atoms with Crippen molar-refractivity contribution in [1.29, 1.82) is 0 Å². The summed E-state index contributed by atoms with van der Waals surface area (Å²) in [5.41, 5.74) is -6.48. The van der Waals surface area contributed by atoms with Crippen molar-refractivity contribution in [3.8, 4) is 0 Å². The van der Waals surface area contributed by atoms with E-state index in [-0.39, 0.29) is 12.8 Å². The predicted molar refractivity (Wildman–Crippen MR) is 43.8 cm³/mol. The molecule has 0 unspecified atom stereocenters. The second-order valence-electron chi connectivity index (χ2n) is 3.78. The van der Waals surface area contributed by atoms with Gasteiger partial charge in [-0.2, -0.15) is 13.2 Å². The van der Waals surface area contributed by atoms with Gasteiger partial charge < -0.3 is 5.11 Å². The SMILES string of the molecule is O=C(O)CC1(CS(=O)(=O)C(F)(F)F)CC1. The minimum atomic E-state index is -5.29. The molecular formula is C7H9F3O4S. The van der Waals surface area contributed by atoms with Crippen LogP contribution in [0.5, 0.6) is 0 Å². The molecule has 1 fully saturated rings. The van der Waals surface area contributed by atoms with Crippen LogP contribution in [-0.2, 0) is 14.6 Å². The summed E-state index contributed by atoms with van der Waals surface area (Å²) in [7, 11) is -5.20. The molecule has 1 aliphatic carbocycles. The molecule has 0 radical (unpaired) electrons. The quantitative estimate of drug-likeness (QED) is 0.808. The van der Waals surface area contributed by atoms with Gasteiger partial charge in [0.05, 0.1) is 12.2 Å². The lowest BCUT2D eigenvalue weighted by atomic mass is 10.1. The molecular weight excluding hydrogens is 237 g/mol. The maximum Gasteiger partial charge on any atom is 0.497 e. The third-order valence-electron chi connectivity index (χ3n) is 2.33. The molecule has 0 atom stereocenters. The molecule has 0 aliphatic heterocycles. The van der Waals surface area contributed by atoms with Crippen LogP contribution in [0.2, 0.25) is 0 Å². The van der Waals surface area contributed by atoms with E-state index >= 15 is 0 Å². The summed E-state index contributed by atoms with van der Waals surface area (Å²) in [5, 5.41) is 8.41. The molecule has 0 heterocycles. The van der Waals surface area contributed by atoms with E-state index in [1.165, 1.54) is 0 Å². The largest absolute Gasteiger partial charge is 0.497 e. The van der Waals surface area contributed by atoms with E-state index in [2.05, 4.69) is 0 Å². The van der Waals surface area contributed by atoms with E-state index < -0.39 is 38.9 Å². The Bertz CT molecular complexity index is 366. The summed E-state index contributed by atoms with van der Waals surface area (Å²) in [6.45, 7) is 0. The van der Waals surface area contributed by atoms with Crippen molar-refractivity contribution in [3.63, 3.8) is 0 Å². The minimum absolute atomic E-state index is 0.217. The first-order chi connectivity index (χ1) is 6.58. The summed E-state index contributed by atoms with van der Waals surface area (Å²) in [5.74, 6) is -2.39. The van der Waals surface area contributed by atoms with Gasteiger partial charge in [-0.15, -0.1) is 0 Å². The van der Waals surface area contributed by atoms with Crippen LogP contribution in [0.3, 0.4) is 0 Å². The lowest BCUT2D eigenvalue weighted by Gasteiger charge is -2.14. The fourth-order valence-corrected chi connectivity index (χ4v) is 2.72. The van der Waals surface area contributed by atoms with Crippen molar-refractivity contribution < 1.29 is 31.5 Å². The van der Waals surface area contributed by atoms with Gasteiger partial charge in [0.1, 0.15) is 0 Å². The molecule has 0 saturated heterocycles. The van der Waals surface area contributed by atoms with E-state index in [4.69, 9.17) is 5.11 Å². The Kier molecular flexibility index (Phi) is 2.75. The van der Waals surface area contributed by atoms with Crippen molar-refractivity contribution in [2.24, 2.45) is 5.41 Å². The predicted octanol–water partition coefficient (Wildman–Crippen LogP) is 1.18. The Balaban J connectivity index is 2.75. The Labute approximate surface area is 84.0 Å². The number of sulfone groups is 1. The second-order valence-corrected chi connectivity index (χ2v) is 5.76. The molecule has 0 bridgehead atoms. The van der Waals surface area contributed by atoms with Crippen molar-refractivity contribution in [2.75, 3.05) is 5.75 Å². The number of halogens is 3. The molecule has 0 amide bonds. The number of aliphatic carboxylic acids is 1. The zero-order valence-corrected chi connectivity index (χ0v) is 8.36. The van der Waals surface area contributed by atoms with E-state index in [1.54, 1.807) is 0 Å². The van der Waals surface area contributed by atoms with Crippen LogP contribution >= 0.6 is 0 Å². The number of hydrogen-bond acceptors (Lipinski definition) is 3. The number of carboxylic acid groups (broad SMARTS) is 1. The summed E-state index contributed by atoms with van der Waals surface area (Å²) in [6, 6.07) is 0. The zero-order valence-electron chi connectivity index (χ0n) is 7.54. The van der Waals surface area contributed by atoms with Crippen LogP contribution in [-0.4, -0.2) is 30.8 Å². The van der Waals surface area contributed by atoms with E-state index in [0.717, 1.165) is 0 Å². The smallest absolute Gasteiger partial charge is 0.481 e. The monoisotopic (exact) mass is 246 g/mol.